The smallest absolute Gasteiger partial charge is 0.190 e. The topological polar surface area (TPSA) is 57.5 Å². The zero-order chi connectivity index (χ0) is 11.3. The molecule has 0 heterocycles. The van der Waals surface area contributed by atoms with E-state index in [1.165, 1.54) is 6.08 Å². The van der Waals surface area contributed by atoms with Crippen LogP contribution in [0.15, 0.2) is 41.7 Å². The van der Waals surface area contributed by atoms with Crippen molar-refractivity contribution in [2.45, 2.75) is 0 Å². The van der Waals surface area contributed by atoms with Crippen LogP contribution in [0.25, 0.3) is 11.6 Å². The summed E-state index contributed by atoms with van der Waals surface area (Å²) in [5.41, 5.74) is 2.91. The Kier molecular flexibility index (Phi) is 1.60. The summed E-state index contributed by atoms with van der Waals surface area (Å²) in [5.74, 6) is -0.102. The van der Waals surface area contributed by atoms with Crippen molar-refractivity contribution in [3.8, 4) is 5.75 Å². The van der Waals surface area contributed by atoms with Crippen molar-refractivity contribution in [1.29, 1.82) is 0 Å². The molecule has 78 valence electrons. The zero-order valence-electron chi connectivity index (χ0n) is 8.27. The third-order valence-electron chi connectivity index (χ3n) is 2.75. The fraction of sp³-hybridized carbons (Fsp3) is 0. The Bertz CT molecular complexity index is 604. The van der Waals surface area contributed by atoms with Crippen molar-refractivity contribution in [2.24, 2.45) is 0 Å². The Morgan fingerprint density at radius 2 is 1.75 bits per heavy atom. The predicted molar refractivity (Wildman–Crippen MR) is 59.8 cm³/mol. The van der Waals surface area contributed by atoms with Crippen LogP contribution in [-0.2, 0) is 4.79 Å². The molecular formula is C13H8O3. The first-order chi connectivity index (χ1) is 7.65. The van der Waals surface area contributed by atoms with Crippen LogP contribution in [-0.4, -0.2) is 16.0 Å². The van der Waals surface area contributed by atoms with Crippen LogP contribution in [0, 0.1) is 0 Å². The average Bonchev–Trinajstić information content (AvgIpc) is 2.57. The Morgan fingerprint density at radius 3 is 2.56 bits per heavy atom. The standard InChI is InChI=1S/C13H8O3/c14-8-2-1-7-3-12-11(10(7)4-8)5-9(15)6-13(12)16/h1-6,14-15H. The van der Waals surface area contributed by atoms with Crippen molar-refractivity contribution in [3.63, 3.8) is 0 Å². The SMILES string of the molecule is O=C1C=C(O)C=C2C1=Cc1ccc(O)cc12. The summed E-state index contributed by atoms with van der Waals surface area (Å²) in [7, 11) is 0. The Labute approximate surface area is 91.7 Å². The fourth-order valence-electron chi connectivity index (χ4n) is 2.04. The molecule has 3 rings (SSSR count). The molecule has 3 heteroatoms. The third-order valence-corrected chi connectivity index (χ3v) is 2.75. The highest BCUT2D eigenvalue weighted by Gasteiger charge is 2.26. The van der Waals surface area contributed by atoms with Gasteiger partial charge in [0.2, 0.25) is 0 Å². The second-order valence-corrected chi connectivity index (χ2v) is 3.82. The maximum Gasteiger partial charge on any atom is 0.190 e. The van der Waals surface area contributed by atoms with Crippen LogP contribution in [0.1, 0.15) is 11.1 Å². The summed E-state index contributed by atoms with van der Waals surface area (Å²) in [6, 6.07) is 4.92. The molecule has 0 amide bonds. The van der Waals surface area contributed by atoms with Gasteiger partial charge in [0.05, 0.1) is 0 Å². The van der Waals surface area contributed by atoms with Crippen LogP contribution in [0.2, 0.25) is 0 Å². The van der Waals surface area contributed by atoms with Gasteiger partial charge >= 0.3 is 0 Å². The number of aromatic hydroxyl groups is 1. The van der Waals surface area contributed by atoms with Gasteiger partial charge in [0.25, 0.3) is 0 Å². The lowest BCUT2D eigenvalue weighted by molar-refractivity contribution is -0.111. The molecule has 0 unspecified atom stereocenters. The van der Waals surface area contributed by atoms with Crippen LogP contribution < -0.4 is 0 Å². The first-order valence-electron chi connectivity index (χ1n) is 4.87. The zero-order valence-corrected chi connectivity index (χ0v) is 8.27. The second-order valence-electron chi connectivity index (χ2n) is 3.82. The van der Waals surface area contributed by atoms with Gasteiger partial charge in [-0.05, 0) is 41.0 Å². The van der Waals surface area contributed by atoms with Crippen LogP contribution in [0.3, 0.4) is 0 Å². The van der Waals surface area contributed by atoms with Gasteiger partial charge in [-0.2, -0.15) is 0 Å². The minimum atomic E-state index is -0.203. The summed E-state index contributed by atoms with van der Waals surface area (Å²) in [5, 5.41) is 18.8. The largest absolute Gasteiger partial charge is 0.508 e. The lowest BCUT2D eigenvalue weighted by Gasteiger charge is -2.09. The number of rotatable bonds is 0. The first-order valence-corrected chi connectivity index (χ1v) is 4.87. The molecule has 0 aliphatic heterocycles. The number of carbonyl (C=O) groups excluding carboxylic acids is 1. The summed E-state index contributed by atoms with van der Waals surface area (Å²) >= 11 is 0. The van der Waals surface area contributed by atoms with Gasteiger partial charge in [-0.1, -0.05) is 6.07 Å². The molecule has 0 radical (unpaired) electrons. The fourth-order valence-corrected chi connectivity index (χ4v) is 2.04. The molecule has 0 fully saturated rings. The quantitative estimate of drug-likeness (QED) is 0.693. The normalized spacial score (nSPS) is 17.2. The number of benzene rings is 1. The van der Waals surface area contributed by atoms with E-state index in [1.54, 1.807) is 30.4 Å². The molecule has 0 aromatic heterocycles. The van der Waals surface area contributed by atoms with E-state index in [0.29, 0.717) is 11.1 Å². The summed E-state index contributed by atoms with van der Waals surface area (Å²) in [4.78, 5) is 11.6. The molecule has 2 aliphatic carbocycles. The van der Waals surface area contributed by atoms with Gasteiger partial charge < -0.3 is 10.2 Å². The van der Waals surface area contributed by atoms with E-state index < -0.39 is 0 Å². The van der Waals surface area contributed by atoms with E-state index in [1.807, 2.05) is 0 Å². The van der Waals surface area contributed by atoms with E-state index in [9.17, 15) is 15.0 Å². The lowest BCUT2D eigenvalue weighted by Crippen LogP contribution is -2.04. The number of hydrogen-bond donors (Lipinski definition) is 2. The Hall–Kier alpha value is -2.29. The average molecular weight is 212 g/mol. The van der Waals surface area contributed by atoms with Gasteiger partial charge in [-0.3, -0.25) is 4.79 Å². The molecule has 2 aliphatic rings. The van der Waals surface area contributed by atoms with E-state index in [2.05, 4.69) is 0 Å². The number of allylic oxidation sites excluding steroid dienone is 4. The highest BCUT2D eigenvalue weighted by molar-refractivity contribution is 6.23. The number of phenols is 1. The summed E-state index contributed by atoms with van der Waals surface area (Å²) < 4.78 is 0. The van der Waals surface area contributed by atoms with E-state index in [0.717, 1.165) is 11.1 Å². The number of fused-ring (bicyclic) bond motifs is 3. The lowest BCUT2D eigenvalue weighted by atomic mass is 9.95. The predicted octanol–water partition coefficient (Wildman–Crippen LogP) is 2.20. The Balaban J connectivity index is 2.26. The minimum Gasteiger partial charge on any atom is -0.508 e. The Morgan fingerprint density at radius 1 is 0.938 bits per heavy atom. The number of ketones is 1. The molecule has 2 N–H and O–H groups in total. The van der Waals surface area contributed by atoms with Crippen molar-refractivity contribution in [1.82, 2.24) is 0 Å². The monoisotopic (exact) mass is 212 g/mol. The van der Waals surface area contributed by atoms with E-state index >= 15 is 0 Å². The molecule has 0 atom stereocenters. The number of carbonyl (C=O) groups is 1. The van der Waals surface area contributed by atoms with Gasteiger partial charge in [-0.15, -0.1) is 0 Å². The maximum atomic E-state index is 11.6. The van der Waals surface area contributed by atoms with Crippen molar-refractivity contribution < 1.29 is 15.0 Å². The van der Waals surface area contributed by atoms with Gasteiger partial charge in [-0.25, -0.2) is 0 Å². The molecule has 0 saturated carbocycles. The van der Waals surface area contributed by atoms with Gasteiger partial charge in [0, 0.05) is 11.6 Å². The van der Waals surface area contributed by atoms with E-state index in [-0.39, 0.29) is 17.3 Å². The highest BCUT2D eigenvalue weighted by atomic mass is 16.3. The molecule has 1 aromatic carbocycles. The number of phenolic OH excluding ortho intramolecular Hbond substituents is 1. The van der Waals surface area contributed by atoms with Crippen LogP contribution in [0.5, 0.6) is 5.75 Å². The maximum absolute atomic E-state index is 11.6. The summed E-state index contributed by atoms with van der Waals surface area (Å²) in [6.45, 7) is 0. The minimum absolute atomic E-state index is 0.0478. The van der Waals surface area contributed by atoms with E-state index in [4.69, 9.17) is 0 Å². The van der Waals surface area contributed by atoms with Crippen LogP contribution >= 0.6 is 0 Å². The molecule has 3 nitrogen and oxygen atoms in total. The number of aliphatic hydroxyl groups excluding tert-OH is 1. The highest BCUT2D eigenvalue weighted by Crippen LogP contribution is 2.40. The molecule has 1 aromatic rings. The molecule has 0 saturated heterocycles. The van der Waals surface area contributed by atoms with Crippen molar-refractivity contribution in [3.05, 3.63) is 52.8 Å². The molecule has 0 bridgehead atoms. The summed E-state index contributed by atoms with van der Waals surface area (Å²) in [6.07, 6.45) is 4.51. The number of hydrogen-bond acceptors (Lipinski definition) is 3. The third kappa shape index (κ3) is 1.11. The van der Waals surface area contributed by atoms with Gasteiger partial charge in [0.1, 0.15) is 11.5 Å². The van der Waals surface area contributed by atoms with Gasteiger partial charge in [0.15, 0.2) is 5.78 Å². The van der Waals surface area contributed by atoms with Crippen LogP contribution in [0.4, 0.5) is 0 Å². The second kappa shape index (κ2) is 2.85. The van der Waals surface area contributed by atoms with Crippen molar-refractivity contribution >= 4 is 17.4 Å². The molecule has 16 heavy (non-hydrogen) atoms. The number of aliphatic hydroxyl groups is 1. The van der Waals surface area contributed by atoms with Crippen molar-refractivity contribution in [2.75, 3.05) is 0 Å². The molecular weight excluding hydrogens is 204 g/mol. The first kappa shape index (κ1) is 8.97. The molecule has 0 spiro atoms.